The van der Waals surface area contributed by atoms with Gasteiger partial charge in [0.2, 0.25) is 0 Å². The summed E-state index contributed by atoms with van der Waals surface area (Å²) >= 11 is 0. The van der Waals surface area contributed by atoms with Gasteiger partial charge in [-0.3, -0.25) is 9.36 Å². The number of rotatable bonds is 9. The highest BCUT2D eigenvalue weighted by molar-refractivity contribution is 6.00. The summed E-state index contributed by atoms with van der Waals surface area (Å²) in [6, 6.07) is 15.2. The molecule has 0 aliphatic rings. The van der Waals surface area contributed by atoms with Crippen LogP contribution in [0.3, 0.4) is 0 Å². The molecule has 0 fully saturated rings. The normalized spacial score (nSPS) is 11.1. The molecule has 1 aromatic carbocycles. The summed E-state index contributed by atoms with van der Waals surface area (Å²) in [6.07, 6.45) is 1.45. The van der Waals surface area contributed by atoms with Gasteiger partial charge in [-0.15, -0.1) is 0 Å². The molecule has 1 N–H and O–H groups in total. The molecule has 0 saturated carbocycles. The number of benzene rings is 1. The first-order valence-electron chi connectivity index (χ1n) is 11.6. The van der Waals surface area contributed by atoms with Crippen LogP contribution in [0, 0.1) is 50.4 Å². The first-order chi connectivity index (χ1) is 17.7. The van der Waals surface area contributed by atoms with Crippen molar-refractivity contribution in [2.45, 2.75) is 34.2 Å². The van der Waals surface area contributed by atoms with Crippen molar-refractivity contribution in [3.05, 3.63) is 75.7 Å². The van der Waals surface area contributed by atoms with Gasteiger partial charge in [-0.25, -0.2) is 4.79 Å². The summed E-state index contributed by atoms with van der Waals surface area (Å²) in [5.41, 5.74) is 4.95. The molecule has 3 rings (SSSR count). The lowest BCUT2D eigenvalue weighted by Crippen LogP contribution is -2.23. The van der Waals surface area contributed by atoms with Gasteiger partial charge < -0.3 is 19.4 Å². The van der Waals surface area contributed by atoms with Crippen molar-refractivity contribution < 1.29 is 19.1 Å². The molecule has 2 heterocycles. The first kappa shape index (κ1) is 27.0. The quantitative estimate of drug-likeness (QED) is 0.268. The second-order valence-corrected chi connectivity index (χ2v) is 8.48. The van der Waals surface area contributed by atoms with Crippen LogP contribution in [0.1, 0.15) is 33.8 Å². The lowest BCUT2D eigenvalue weighted by atomic mass is 10.1. The fraction of sp³-hybridized carbons (Fsp3) is 0.286. The van der Waals surface area contributed by atoms with E-state index in [0.717, 1.165) is 28.3 Å². The number of nitrogens with one attached hydrogen (secondary N) is 1. The summed E-state index contributed by atoms with van der Waals surface area (Å²) in [7, 11) is 1.62. The molecule has 37 heavy (non-hydrogen) atoms. The summed E-state index contributed by atoms with van der Waals surface area (Å²) in [6.45, 7) is 8.03. The van der Waals surface area contributed by atoms with Gasteiger partial charge in [0.25, 0.3) is 5.91 Å². The van der Waals surface area contributed by atoms with Gasteiger partial charge in [-0.2, -0.15) is 10.5 Å². The van der Waals surface area contributed by atoms with Crippen LogP contribution in [-0.2, 0) is 25.6 Å². The zero-order valence-electron chi connectivity index (χ0n) is 21.6. The largest absolute Gasteiger partial charge is 0.451 e. The molecule has 0 unspecified atom stereocenters. The Morgan fingerprint density at radius 3 is 2.41 bits per heavy atom. The SMILES string of the molecule is COCCn1c(C)cc(/C=C(\C#N)C(=O)OCC(=O)Nc2c(C#N)c(C)c(C)n2-c2ccccc2)c1C. The Hall–Kier alpha value is -4.60. The zero-order valence-corrected chi connectivity index (χ0v) is 21.6. The fourth-order valence-electron chi connectivity index (χ4n) is 4.13. The minimum atomic E-state index is -0.911. The molecule has 0 spiro atoms. The molecule has 0 aliphatic heterocycles. The fourth-order valence-corrected chi connectivity index (χ4v) is 4.13. The molecule has 0 atom stereocenters. The highest BCUT2D eigenvalue weighted by Crippen LogP contribution is 2.30. The summed E-state index contributed by atoms with van der Waals surface area (Å²) < 4.78 is 14.1. The summed E-state index contributed by atoms with van der Waals surface area (Å²) in [5, 5.41) is 21.9. The molecule has 0 saturated heterocycles. The molecule has 9 heteroatoms. The van der Waals surface area contributed by atoms with E-state index in [-0.39, 0.29) is 5.57 Å². The molecule has 190 valence electrons. The van der Waals surface area contributed by atoms with Gasteiger partial charge in [0.15, 0.2) is 6.61 Å². The van der Waals surface area contributed by atoms with Gasteiger partial charge in [0.05, 0.1) is 12.2 Å². The predicted octanol–water partition coefficient (Wildman–Crippen LogP) is 4.12. The van der Waals surface area contributed by atoms with Crippen molar-refractivity contribution in [1.29, 1.82) is 10.5 Å². The molecule has 2 aromatic heterocycles. The third-order valence-corrected chi connectivity index (χ3v) is 6.20. The number of amides is 1. The summed E-state index contributed by atoms with van der Waals surface area (Å²) in [5.74, 6) is -1.25. The number of para-hydroxylation sites is 1. The molecular formula is C28H29N5O4. The van der Waals surface area contributed by atoms with Gasteiger partial charge >= 0.3 is 5.97 Å². The van der Waals surface area contributed by atoms with E-state index in [2.05, 4.69) is 11.4 Å². The highest BCUT2D eigenvalue weighted by Gasteiger charge is 2.22. The number of hydrogen-bond acceptors (Lipinski definition) is 6. The van der Waals surface area contributed by atoms with Crippen molar-refractivity contribution in [2.75, 3.05) is 25.6 Å². The van der Waals surface area contributed by atoms with E-state index >= 15 is 0 Å². The number of nitriles is 2. The minimum Gasteiger partial charge on any atom is -0.451 e. The van der Waals surface area contributed by atoms with Crippen LogP contribution >= 0.6 is 0 Å². The maximum Gasteiger partial charge on any atom is 0.349 e. The number of ether oxygens (including phenoxy) is 2. The number of aryl methyl sites for hydroxylation is 1. The van der Waals surface area contributed by atoms with Gasteiger partial charge in [-0.1, -0.05) is 18.2 Å². The predicted molar refractivity (Wildman–Crippen MR) is 139 cm³/mol. The number of nitrogens with zero attached hydrogens (tertiary/aromatic N) is 4. The molecule has 0 radical (unpaired) electrons. The molecule has 3 aromatic rings. The Morgan fingerprint density at radius 2 is 1.78 bits per heavy atom. The number of aromatic nitrogens is 2. The average molecular weight is 500 g/mol. The molecule has 9 nitrogen and oxygen atoms in total. The third kappa shape index (κ3) is 5.80. The van der Waals surface area contributed by atoms with Gasteiger partial charge in [-0.05, 0) is 63.1 Å². The standard InChI is InChI=1S/C28H29N5O4/c1-18-13-22(21(4)32(18)11-12-36-5)14-23(15-29)28(35)37-17-26(34)31-27-25(16-30)19(2)20(3)33(27)24-9-7-6-8-10-24/h6-10,13-14H,11-12,17H2,1-5H3,(H,31,34)/b23-14+. The zero-order chi connectivity index (χ0) is 27.1. The molecule has 1 amide bonds. The maximum absolute atomic E-state index is 12.7. The van der Waals surface area contributed by atoms with E-state index in [4.69, 9.17) is 9.47 Å². The number of hydrogen-bond donors (Lipinski definition) is 1. The topological polar surface area (TPSA) is 122 Å². The van der Waals surface area contributed by atoms with Crippen LogP contribution in [0.4, 0.5) is 5.82 Å². The van der Waals surface area contributed by atoms with Crippen LogP contribution in [0.15, 0.2) is 42.0 Å². The molecular weight excluding hydrogens is 470 g/mol. The first-order valence-corrected chi connectivity index (χ1v) is 11.6. The minimum absolute atomic E-state index is 0.225. The number of esters is 1. The lowest BCUT2D eigenvalue weighted by Gasteiger charge is -2.13. The number of carbonyl (C=O) groups excluding carboxylic acids is 2. The molecule has 0 bridgehead atoms. The smallest absolute Gasteiger partial charge is 0.349 e. The van der Waals surface area contributed by atoms with Crippen LogP contribution in [0.25, 0.3) is 11.8 Å². The average Bonchev–Trinajstić information content (AvgIpc) is 3.30. The van der Waals surface area contributed by atoms with Crippen molar-refractivity contribution in [1.82, 2.24) is 9.13 Å². The Bertz CT molecular complexity index is 1430. The van der Waals surface area contributed by atoms with Crippen molar-refractivity contribution in [3.8, 4) is 17.8 Å². The van der Waals surface area contributed by atoms with Crippen molar-refractivity contribution in [3.63, 3.8) is 0 Å². The second-order valence-electron chi connectivity index (χ2n) is 8.48. The van der Waals surface area contributed by atoms with Crippen LogP contribution < -0.4 is 5.32 Å². The van der Waals surface area contributed by atoms with Crippen LogP contribution in [0.2, 0.25) is 0 Å². The van der Waals surface area contributed by atoms with E-state index < -0.39 is 18.5 Å². The van der Waals surface area contributed by atoms with E-state index in [1.807, 2.05) is 67.8 Å². The van der Waals surface area contributed by atoms with Crippen molar-refractivity contribution in [2.24, 2.45) is 0 Å². The lowest BCUT2D eigenvalue weighted by molar-refractivity contribution is -0.142. The van der Waals surface area contributed by atoms with Crippen LogP contribution in [0.5, 0.6) is 0 Å². The second kappa shape index (κ2) is 11.9. The monoisotopic (exact) mass is 499 g/mol. The van der Waals surface area contributed by atoms with E-state index in [1.165, 1.54) is 6.08 Å². The van der Waals surface area contributed by atoms with E-state index in [9.17, 15) is 20.1 Å². The Labute approximate surface area is 216 Å². The number of methoxy groups -OCH3 is 1. The highest BCUT2D eigenvalue weighted by atomic mass is 16.5. The van der Waals surface area contributed by atoms with Crippen LogP contribution in [-0.4, -0.2) is 41.3 Å². The third-order valence-electron chi connectivity index (χ3n) is 6.20. The molecule has 0 aliphatic carbocycles. The van der Waals surface area contributed by atoms with E-state index in [1.54, 1.807) is 18.6 Å². The van der Waals surface area contributed by atoms with Gasteiger partial charge in [0, 0.05) is 36.4 Å². The Balaban J connectivity index is 1.77. The summed E-state index contributed by atoms with van der Waals surface area (Å²) in [4.78, 5) is 25.3. The van der Waals surface area contributed by atoms with Crippen molar-refractivity contribution >= 4 is 23.8 Å². The maximum atomic E-state index is 12.7. The Kier molecular flexibility index (Phi) is 8.68. The van der Waals surface area contributed by atoms with E-state index in [0.29, 0.717) is 30.1 Å². The van der Waals surface area contributed by atoms with Gasteiger partial charge in [0.1, 0.15) is 23.5 Å². The Morgan fingerprint density at radius 1 is 1.08 bits per heavy atom. The number of carbonyl (C=O) groups is 2. The number of anilines is 1.